The van der Waals surface area contributed by atoms with Crippen LogP contribution in [0.4, 0.5) is 0 Å². The molecule has 0 spiro atoms. The maximum atomic E-state index is 4.22. The van der Waals surface area contributed by atoms with Crippen molar-refractivity contribution in [2.45, 2.75) is 129 Å². The Hall–Kier alpha value is -1.60. The number of hydrogen-bond donors (Lipinski definition) is 0. The first kappa shape index (κ1) is 33.3. The van der Waals surface area contributed by atoms with Crippen LogP contribution in [0.3, 0.4) is 0 Å². The Balaban J connectivity index is 1.57. The molecule has 0 aliphatic heterocycles. The van der Waals surface area contributed by atoms with Crippen molar-refractivity contribution in [3.63, 3.8) is 0 Å². The third-order valence-electron chi connectivity index (χ3n) is 14.7. The molecule has 4 saturated carbocycles. The van der Waals surface area contributed by atoms with Gasteiger partial charge in [-0.1, -0.05) is 128 Å². The highest BCUT2D eigenvalue weighted by Gasteiger charge is 2.64. The molecule has 0 amide bonds. The lowest BCUT2D eigenvalue weighted by Crippen LogP contribution is -2.49. The van der Waals surface area contributed by atoms with Crippen molar-refractivity contribution in [3.8, 4) is 0 Å². The van der Waals surface area contributed by atoms with Gasteiger partial charge >= 0.3 is 0 Å². The topological polar surface area (TPSA) is 0 Å². The van der Waals surface area contributed by atoms with Crippen molar-refractivity contribution in [3.05, 3.63) is 84.4 Å². The van der Waals surface area contributed by atoms with E-state index in [-0.39, 0.29) is 5.41 Å². The summed E-state index contributed by atoms with van der Waals surface area (Å²) in [4.78, 5) is 0. The Morgan fingerprint density at radius 2 is 1.04 bits per heavy atom. The molecule has 2 aromatic rings. The van der Waals surface area contributed by atoms with Crippen LogP contribution in [-0.2, 0) is 5.41 Å². The fourth-order valence-corrected chi connectivity index (χ4v) is 15.2. The van der Waals surface area contributed by atoms with E-state index in [2.05, 4.69) is 128 Å². The van der Waals surface area contributed by atoms with E-state index < -0.39 is 8.07 Å². The van der Waals surface area contributed by atoms with Crippen LogP contribution in [0.5, 0.6) is 0 Å². The molecule has 0 aromatic heterocycles. The van der Waals surface area contributed by atoms with Crippen LogP contribution in [0.2, 0.25) is 24.7 Å². The summed E-state index contributed by atoms with van der Waals surface area (Å²) in [5.74, 6) is 6.58. The molecule has 246 valence electrons. The van der Waals surface area contributed by atoms with E-state index in [1.165, 1.54) is 63.8 Å². The van der Waals surface area contributed by atoms with Crippen LogP contribution < -0.4 is 0 Å². The smallest absolute Gasteiger partial charge is 0.0542 e. The van der Waals surface area contributed by atoms with Gasteiger partial charge in [-0.3, -0.25) is 0 Å². The lowest BCUT2D eigenvalue weighted by molar-refractivity contribution is 0.0428. The highest BCUT2D eigenvalue weighted by Crippen LogP contribution is 2.69. The molecule has 6 rings (SSSR count). The second kappa shape index (κ2) is 12.4. The minimum Gasteiger partial charge on any atom is -0.103 e. The largest absolute Gasteiger partial charge is 0.103 e. The highest BCUT2D eigenvalue weighted by molar-refractivity contribution is 6.79. The summed E-state index contributed by atoms with van der Waals surface area (Å²) in [6.07, 6.45) is 15.2. The number of rotatable bonds is 7. The summed E-state index contributed by atoms with van der Waals surface area (Å²) in [6.45, 7) is 24.8. The minimum absolute atomic E-state index is 0.0812. The molecule has 4 aliphatic carbocycles. The molecule has 4 aliphatic rings. The molecule has 0 radical (unpaired) electrons. The average Bonchev–Trinajstić information content (AvgIpc) is 3.63. The SMILES string of the molecule is C=CC[Si](C)(C)C1CCC(C(c2ccccc2)(c2ccccc2)C2C3CC(C(C)(C)C)CCC3C3CCC(C(C)(C)C)CC32)C1. The lowest BCUT2D eigenvalue weighted by Gasteiger charge is -2.53. The predicted octanol–water partition coefficient (Wildman–Crippen LogP) is 12.8. The first-order valence-electron chi connectivity index (χ1n) is 19.0. The van der Waals surface area contributed by atoms with Crippen molar-refractivity contribution in [1.29, 1.82) is 0 Å². The number of fused-ring (bicyclic) bond motifs is 3. The molecular weight excluding hydrogens is 557 g/mol. The van der Waals surface area contributed by atoms with Crippen molar-refractivity contribution in [1.82, 2.24) is 0 Å². The minimum atomic E-state index is -1.39. The van der Waals surface area contributed by atoms with E-state index in [0.717, 1.165) is 47.0 Å². The Morgan fingerprint density at radius 3 is 1.47 bits per heavy atom. The van der Waals surface area contributed by atoms with Gasteiger partial charge in [0.2, 0.25) is 0 Å². The monoisotopic (exact) mass is 622 g/mol. The van der Waals surface area contributed by atoms with Crippen LogP contribution >= 0.6 is 0 Å². The zero-order chi connectivity index (χ0) is 32.2. The predicted molar refractivity (Wildman–Crippen MR) is 198 cm³/mol. The van der Waals surface area contributed by atoms with E-state index in [1.807, 2.05) is 0 Å². The van der Waals surface area contributed by atoms with Crippen molar-refractivity contribution in [2.75, 3.05) is 0 Å². The van der Waals surface area contributed by atoms with E-state index in [1.54, 1.807) is 11.1 Å². The van der Waals surface area contributed by atoms with E-state index in [0.29, 0.717) is 16.7 Å². The maximum Gasteiger partial charge on any atom is 0.0542 e. The normalized spacial score (nSPS) is 34.3. The Morgan fingerprint density at radius 1 is 0.600 bits per heavy atom. The van der Waals surface area contributed by atoms with E-state index in [9.17, 15) is 0 Å². The molecule has 8 unspecified atom stereocenters. The number of benzene rings is 2. The molecule has 4 fully saturated rings. The van der Waals surface area contributed by atoms with Gasteiger partial charge in [0.25, 0.3) is 0 Å². The maximum absolute atomic E-state index is 4.22. The summed E-state index contributed by atoms with van der Waals surface area (Å²) >= 11 is 0. The first-order chi connectivity index (χ1) is 21.3. The van der Waals surface area contributed by atoms with Crippen LogP contribution in [0.25, 0.3) is 0 Å². The third kappa shape index (κ3) is 6.00. The molecule has 0 heterocycles. The summed E-state index contributed by atoms with van der Waals surface area (Å²) < 4.78 is 0. The van der Waals surface area contributed by atoms with Gasteiger partial charge in [0, 0.05) is 5.41 Å². The second-order valence-electron chi connectivity index (χ2n) is 19.2. The Labute approximate surface area is 279 Å². The highest BCUT2D eigenvalue weighted by atomic mass is 28.3. The van der Waals surface area contributed by atoms with Gasteiger partial charge in [-0.15, -0.1) is 6.58 Å². The molecular formula is C44H66Si. The van der Waals surface area contributed by atoms with Crippen molar-refractivity contribution < 1.29 is 0 Å². The van der Waals surface area contributed by atoms with E-state index in [4.69, 9.17) is 0 Å². The number of allylic oxidation sites excluding steroid dienone is 1. The zero-order valence-electron chi connectivity index (χ0n) is 30.3. The second-order valence-corrected chi connectivity index (χ2v) is 24.4. The molecule has 8 atom stereocenters. The Kier molecular flexibility index (Phi) is 9.21. The number of hydrogen-bond acceptors (Lipinski definition) is 0. The van der Waals surface area contributed by atoms with E-state index >= 15 is 0 Å². The van der Waals surface area contributed by atoms with Crippen molar-refractivity contribution >= 4 is 8.07 Å². The van der Waals surface area contributed by atoms with Crippen LogP contribution in [0.1, 0.15) is 110 Å². The molecule has 0 saturated heterocycles. The molecule has 2 aromatic carbocycles. The summed E-state index contributed by atoms with van der Waals surface area (Å²) in [5, 5.41) is 0. The lowest BCUT2D eigenvalue weighted by atomic mass is 9.50. The molecule has 45 heavy (non-hydrogen) atoms. The van der Waals surface area contributed by atoms with Gasteiger partial charge in [0.1, 0.15) is 0 Å². The standard InChI is InChI=1S/C44H66Si/c1-10-27-45(8,9)36-24-21-35(28-36)44(31-17-13-11-14-18-31,32-19-15-12-16-20-32)41-39-29-33(42(2,3)4)22-25-37(39)38-26-23-34(30-40(38)41)43(5,6)7/h10-20,33-41H,1,21-30H2,2-9H3. The van der Waals surface area contributed by atoms with Crippen LogP contribution in [0.15, 0.2) is 73.3 Å². The summed E-state index contributed by atoms with van der Waals surface area (Å²) in [6, 6.07) is 25.6. The first-order valence-corrected chi connectivity index (χ1v) is 22.3. The molecule has 0 N–H and O–H groups in total. The van der Waals surface area contributed by atoms with Crippen LogP contribution in [0, 0.1) is 58.2 Å². The average molecular weight is 623 g/mol. The van der Waals surface area contributed by atoms with Crippen molar-refractivity contribution in [2.24, 2.45) is 58.2 Å². The third-order valence-corrected chi connectivity index (χ3v) is 18.8. The zero-order valence-corrected chi connectivity index (χ0v) is 31.3. The van der Waals surface area contributed by atoms with Gasteiger partial charge < -0.3 is 0 Å². The fourth-order valence-electron chi connectivity index (χ4n) is 12.3. The van der Waals surface area contributed by atoms with Gasteiger partial charge in [-0.2, -0.15) is 0 Å². The fraction of sp³-hybridized carbons (Fsp3) is 0.682. The van der Waals surface area contributed by atoms with Gasteiger partial charge in [0.05, 0.1) is 8.07 Å². The molecule has 0 bridgehead atoms. The Bertz CT molecular complexity index is 1200. The quantitative estimate of drug-likeness (QED) is 0.213. The van der Waals surface area contributed by atoms with Crippen LogP contribution in [-0.4, -0.2) is 8.07 Å². The summed E-state index contributed by atoms with van der Waals surface area (Å²) in [5.41, 5.74) is 5.03. The van der Waals surface area contributed by atoms with Gasteiger partial charge in [-0.25, -0.2) is 0 Å². The summed E-state index contributed by atoms with van der Waals surface area (Å²) in [7, 11) is -1.39. The van der Waals surface area contributed by atoms with Gasteiger partial charge in [-0.05, 0) is 132 Å². The molecule has 0 nitrogen and oxygen atoms in total. The molecule has 1 heteroatoms. The van der Waals surface area contributed by atoms with Gasteiger partial charge in [0.15, 0.2) is 0 Å².